The Morgan fingerprint density at radius 3 is 2.68 bits per heavy atom. The molecule has 0 radical (unpaired) electrons. The van der Waals surface area contributed by atoms with Crippen molar-refractivity contribution in [2.75, 3.05) is 5.32 Å². The molecule has 1 aromatic carbocycles. The van der Waals surface area contributed by atoms with Crippen LogP contribution in [-0.2, 0) is 11.8 Å². The van der Waals surface area contributed by atoms with Gasteiger partial charge in [0.05, 0.1) is 17.6 Å². The Balaban J connectivity index is 1.97. The van der Waals surface area contributed by atoms with Crippen molar-refractivity contribution < 1.29 is 4.79 Å². The summed E-state index contributed by atoms with van der Waals surface area (Å²) in [5, 5.41) is 6.91. The zero-order chi connectivity index (χ0) is 13.8. The van der Waals surface area contributed by atoms with E-state index in [9.17, 15) is 4.79 Å². The number of nitrogens with one attached hydrogen (secondary N) is 1. The lowest BCUT2D eigenvalue weighted by Crippen LogP contribution is -2.20. The topological polar surface area (TPSA) is 72.9 Å². The van der Waals surface area contributed by atoms with Gasteiger partial charge in [-0.25, -0.2) is 0 Å². The van der Waals surface area contributed by atoms with Crippen molar-refractivity contribution in [3.05, 3.63) is 47.8 Å². The molecule has 5 nitrogen and oxygen atoms in total. The number of nitrogens with zero attached hydrogens (tertiary/aromatic N) is 2. The fraction of sp³-hybridized carbons (Fsp3) is 0.286. The van der Waals surface area contributed by atoms with Crippen LogP contribution in [-0.4, -0.2) is 15.7 Å². The Hall–Kier alpha value is -2.14. The predicted molar refractivity (Wildman–Crippen MR) is 74.6 cm³/mol. The first kappa shape index (κ1) is 13.3. The van der Waals surface area contributed by atoms with Gasteiger partial charge in [0.15, 0.2) is 0 Å². The minimum atomic E-state index is -0.293. The van der Waals surface area contributed by atoms with Crippen LogP contribution in [0.3, 0.4) is 0 Å². The van der Waals surface area contributed by atoms with Gasteiger partial charge in [-0.3, -0.25) is 9.48 Å². The molecule has 1 amide bonds. The van der Waals surface area contributed by atoms with Crippen molar-refractivity contribution in [3.63, 3.8) is 0 Å². The maximum Gasteiger partial charge on any atom is 0.226 e. The van der Waals surface area contributed by atoms with Gasteiger partial charge in [-0.05, 0) is 12.5 Å². The molecule has 1 aromatic heterocycles. The second kappa shape index (κ2) is 5.67. The summed E-state index contributed by atoms with van der Waals surface area (Å²) in [6.45, 7) is 1.90. The van der Waals surface area contributed by atoms with Crippen molar-refractivity contribution >= 4 is 11.6 Å². The average Bonchev–Trinajstić information content (AvgIpc) is 2.71. The molecule has 0 saturated carbocycles. The Labute approximate surface area is 112 Å². The van der Waals surface area contributed by atoms with Gasteiger partial charge in [-0.2, -0.15) is 5.10 Å². The Bertz CT molecular complexity index is 562. The van der Waals surface area contributed by atoms with Crippen LogP contribution in [0.15, 0.2) is 36.5 Å². The molecule has 0 aliphatic heterocycles. The fourth-order valence-electron chi connectivity index (χ4n) is 1.84. The number of benzene rings is 1. The number of hydrogen-bond donors (Lipinski definition) is 2. The maximum atomic E-state index is 11.9. The third-order valence-electron chi connectivity index (χ3n) is 3.14. The average molecular weight is 258 g/mol. The molecule has 1 atom stereocenters. The molecule has 2 rings (SSSR count). The van der Waals surface area contributed by atoms with E-state index < -0.39 is 0 Å². The molecule has 1 heterocycles. The zero-order valence-electron chi connectivity index (χ0n) is 11.1. The minimum Gasteiger partial charge on any atom is -0.324 e. The molecule has 100 valence electrons. The van der Waals surface area contributed by atoms with E-state index in [0.29, 0.717) is 0 Å². The van der Waals surface area contributed by atoms with Crippen LogP contribution < -0.4 is 11.1 Å². The molecule has 0 aliphatic rings. The highest BCUT2D eigenvalue weighted by molar-refractivity contribution is 5.91. The predicted octanol–water partition coefficient (Wildman–Crippen LogP) is 1.76. The first-order valence-corrected chi connectivity index (χ1v) is 6.17. The fourth-order valence-corrected chi connectivity index (χ4v) is 1.84. The van der Waals surface area contributed by atoms with E-state index in [1.807, 2.05) is 44.3 Å². The molecule has 0 saturated heterocycles. The number of aromatic nitrogens is 2. The van der Waals surface area contributed by atoms with E-state index in [1.54, 1.807) is 10.9 Å². The van der Waals surface area contributed by atoms with Crippen LogP contribution in [0.1, 0.15) is 23.7 Å². The molecular weight excluding hydrogens is 240 g/mol. The van der Waals surface area contributed by atoms with E-state index in [4.69, 9.17) is 5.73 Å². The van der Waals surface area contributed by atoms with Gasteiger partial charge in [0.1, 0.15) is 0 Å². The summed E-state index contributed by atoms with van der Waals surface area (Å²) in [5.41, 5.74) is 8.62. The van der Waals surface area contributed by atoms with E-state index in [2.05, 4.69) is 10.4 Å². The van der Waals surface area contributed by atoms with Crippen LogP contribution in [0.4, 0.5) is 5.69 Å². The molecule has 1 unspecified atom stereocenters. The van der Waals surface area contributed by atoms with Crippen LogP contribution >= 0.6 is 0 Å². The lowest BCUT2D eigenvalue weighted by Gasteiger charge is -2.11. The van der Waals surface area contributed by atoms with E-state index in [0.717, 1.165) is 16.9 Å². The lowest BCUT2D eigenvalue weighted by molar-refractivity contribution is -0.116. The molecule has 0 fully saturated rings. The number of aryl methyl sites for hydroxylation is 1. The highest BCUT2D eigenvalue weighted by Crippen LogP contribution is 2.16. The van der Waals surface area contributed by atoms with Gasteiger partial charge in [0.25, 0.3) is 0 Å². The number of hydrogen-bond acceptors (Lipinski definition) is 3. The normalized spacial score (nSPS) is 12.2. The minimum absolute atomic E-state index is 0.104. The number of anilines is 1. The van der Waals surface area contributed by atoms with Crippen molar-refractivity contribution in [2.45, 2.75) is 19.4 Å². The van der Waals surface area contributed by atoms with Gasteiger partial charge in [-0.1, -0.05) is 30.3 Å². The molecule has 2 aromatic rings. The Morgan fingerprint density at radius 2 is 2.11 bits per heavy atom. The molecule has 0 aliphatic carbocycles. The first-order chi connectivity index (χ1) is 9.08. The molecular formula is C14H18N4O. The van der Waals surface area contributed by atoms with Crippen molar-refractivity contribution in [1.29, 1.82) is 0 Å². The largest absolute Gasteiger partial charge is 0.324 e. The monoisotopic (exact) mass is 258 g/mol. The summed E-state index contributed by atoms with van der Waals surface area (Å²) in [7, 11) is 1.83. The summed E-state index contributed by atoms with van der Waals surface area (Å²) >= 11 is 0. The zero-order valence-corrected chi connectivity index (χ0v) is 11.1. The van der Waals surface area contributed by atoms with Gasteiger partial charge in [0, 0.05) is 19.5 Å². The number of rotatable bonds is 4. The van der Waals surface area contributed by atoms with Crippen molar-refractivity contribution in [1.82, 2.24) is 9.78 Å². The van der Waals surface area contributed by atoms with Crippen molar-refractivity contribution in [3.8, 4) is 0 Å². The standard InChI is InChI=1S/C14H18N4O/c1-10-13(9-16-18(10)2)17-14(19)8-12(15)11-6-4-3-5-7-11/h3-7,9,12H,8,15H2,1-2H3,(H,17,19). The van der Waals surface area contributed by atoms with Crippen LogP contribution in [0.25, 0.3) is 0 Å². The highest BCUT2D eigenvalue weighted by Gasteiger charge is 2.13. The number of nitrogens with two attached hydrogens (primary N) is 1. The Morgan fingerprint density at radius 1 is 1.42 bits per heavy atom. The summed E-state index contributed by atoms with van der Waals surface area (Å²) < 4.78 is 1.72. The Kier molecular flexibility index (Phi) is 3.97. The maximum absolute atomic E-state index is 11.9. The van der Waals surface area contributed by atoms with Crippen LogP contribution in [0, 0.1) is 6.92 Å². The summed E-state index contributed by atoms with van der Waals surface area (Å²) in [6.07, 6.45) is 1.89. The quantitative estimate of drug-likeness (QED) is 0.877. The summed E-state index contributed by atoms with van der Waals surface area (Å²) in [4.78, 5) is 11.9. The van der Waals surface area contributed by atoms with Gasteiger partial charge in [-0.15, -0.1) is 0 Å². The number of carbonyl (C=O) groups excluding carboxylic acids is 1. The summed E-state index contributed by atoms with van der Waals surface area (Å²) in [5.74, 6) is -0.104. The van der Waals surface area contributed by atoms with E-state index in [1.165, 1.54) is 0 Å². The molecule has 0 spiro atoms. The van der Waals surface area contributed by atoms with E-state index in [-0.39, 0.29) is 18.4 Å². The third-order valence-corrected chi connectivity index (χ3v) is 3.14. The third kappa shape index (κ3) is 3.20. The number of amides is 1. The van der Waals surface area contributed by atoms with Crippen LogP contribution in [0.5, 0.6) is 0 Å². The second-order valence-electron chi connectivity index (χ2n) is 4.54. The second-order valence-corrected chi connectivity index (χ2v) is 4.54. The van der Waals surface area contributed by atoms with Crippen molar-refractivity contribution in [2.24, 2.45) is 12.8 Å². The lowest BCUT2D eigenvalue weighted by atomic mass is 10.0. The van der Waals surface area contributed by atoms with Gasteiger partial charge in [0.2, 0.25) is 5.91 Å². The first-order valence-electron chi connectivity index (χ1n) is 6.17. The smallest absolute Gasteiger partial charge is 0.226 e. The molecule has 5 heteroatoms. The molecule has 3 N–H and O–H groups in total. The van der Waals surface area contributed by atoms with Gasteiger partial charge >= 0.3 is 0 Å². The van der Waals surface area contributed by atoms with Gasteiger partial charge < -0.3 is 11.1 Å². The number of carbonyl (C=O) groups is 1. The summed E-state index contributed by atoms with van der Waals surface area (Å²) in [6, 6.07) is 9.31. The highest BCUT2D eigenvalue weighted by atomic mass is 16.1. The molecule has 0 bridgehead atoms. The SMILES string of the molecule is Cc1c(NC(=O)CC(N)c2ccccc2)cnn1C. The van der Waals surface area contributed by atoms with E-state index >= 15 is 0 Å². The molecule has 19 heavy (non-hydrogen) atoms. The van der Waals surface area contributed by atoms with Crippen LogP contribution in [0.2, 0.25) is 0 Å².